The lowest BCUT2D eigenvalue weighted by molar-refractivity contribution is -0.171. The Morgan fingerprint density at radius 3 is 2.93 bits per heavy atom. The van der Waals surface area contributed by atoms with Gasteiger partial charge in [-0.2, -0.15) is 11.8 Å². The maximum Gasteiger partial charge on any atom is 0.191 e. The minimum absolute atomic E-state index is 0.351. The first-order chi connectivity index (χ1) is 13.2. The third-order valence-electron chi connectivity index (χ3n) is 6.71. The maximum atomic E-state index is 6.06. The predicted octanol–water partition coefficient (Wildman–Crippen LogP) is 1.87. The summed E-state index contributed by atoms with van der Waals surface area (Å²) < 4.78 is 8.06. The zero-order chi connectivity index (χ0) is 18.9. The molecule has 1 aromatic heterocycles. The van der Waals surface area contributed by atoms with Crippen molar-refractivity contribution in [3.63, 3.8) is 0 Å². The van der Waals surface area contributed by atoms with Gasteiger partial charge in [0.25, 0.3) is 0 Å². The molecular formula is C19H32N6OS. The molecule has 1 spiro atoms. The van der Waals surface area contributed by atoms with E-state index in [0.717, 1.165) is 42.9 Å². The van der Waals surface area contributed by atoms with E-state index in [1.54, 1.807) is 0 Å². The normalized spacial score (nSPS) is 28.6. The number of rotatable bonds is 7. The highest BCUT2D eigenvalue weighted by Crippen LogP contribution is 2.62. The average molecular weight is 393 g/mol. The van der Waals surface area contributed by atoms with Crippen molar-refractivity contribution in [1.82, 2.24) is 25.4 Å². The molecule has 0 aromatic carbocycles. The van der Waals surface area contributed by atoms with Crippen LogP contribution in [0.1, 0.15) is 43.8 Å². The van der Waals surface area contributed by atoms with Crippen LogP contribution >= 0.6 is 11.8 Å². The minimum atomic E-state index is 0.351. The molecule has 2 N–H and O–H groups in total. The Morgan fingerprint density at radius 2 is 2.26 bits per heavy atom. The summed E-state index contributed by atoms with van der Waals surface area (Å²) >= 11 is 1.88. The van der Waals surface area contributed by atoms with Crippen LogP contribution in [0.25, 0.3) is 0 Å². The Labute approximate surface area is 166 Å². The van der Waals surface area contributed by atoms with Gasteiger partial charge in [0, 0.05) is 37.6 Å². The van der Waals surface area contributed by atoms with E-state index in [2.05, 4.69) is 27.1 Å². The number of guanidine groups is 1. The molecule has 7 nitrogen and oxygen atoms in total. The highest BCUT2D eigenvalue weighted by molar-refractivity contribution is 7.98. The summed E-state index contributed by atoms with van der Waals surface area (Å²) in [4.78, 5) is 4.85. The van der Waals surface area contributed by atoms with E-state index in [1.807, 2.05) is 30.3 Å². The second-order valence-electron chi connectivity index (χ2n) is 8.11. The molecule has 3 atom stereocenters. The van der Waals surface area contributed by atoms with E-state index in [0.29, 0.717) is 30.0 Å². The van der Waals surface area contributed by atoms with Crippen molar-refractivity contribution in [2.24, 2.45) is 23.4 Å². The smallest absolute Gasteiger partial charge is 0.191 e. The number of nitrogens with zero attached hydrogens (tertiary/aromatic N) is 4. The van der Waals surface area contributed by atoms with Crippen LogP contribution in [0.2, 0.25) is 0 Å². The SMILES string of the molecule is CSCCCNC(=NCc1nnc(C)n1C)NC1C2CCOC2C12CCC2. The summed E-state index contributed by atoms with van der Waals surface area (Å²) in [7, 11) is 1.99. The Balaban J connectivity index is 1.44. The lowest BCUT2D eigenvalue weighted by atomic mass is 9.46. The minimum Gasteiger partial charge on any atom is -0.377 e. The van der Waals surface area contributed by atoms with Gasteiger partial charge < -0.3 is 19.9 Å². The molecule has 27 heavy (non-hydrogen) atoms. The van der Waals surface area contributed by atoms with E-state index < -0.39 is 0 Å². The van der Waals surface area contributed by atoms with E-state index in [4.69, 9.17) is 9.73 Å². The number of hydrogen-bond acceptors (Lipinski definition) is 5. The fourth-order valence-corrected chi connectivity index (χ4v) is 5.35. The largest absolute Gasteiger partial charge is 0.377 e. The molecule has 4 rings (SSSR count). The van der Waals surface area contributed by atoms with Crippen LogP contribution < -0.4 is 10.6 Å². The third-order valence-corrected chi connectivity index (χ3v) is 7.40. The number of aliphatic imine (C=N–C) groups is 1. The van der Waals surface area contributed by atoms with Crippen molar-refractivity contribution < 1.29 is 4.74 Å². The van der Waals surface area contributed by atoms with Gasteiger partial charge in [0.15, 0.2) is 11.8 Å². The molecule has 3 fully saturated rings. The molecule has 3 unspecified atom stereocenters. The van der Waals surface area contributed by atoms with E-state index in [-0.39, 0.29) is 0 Å². The second-order valence-corrected chi connectivity index (χ2v) is 9.10. The summed E-state index contributed by atoms with van der Waals surface area (Å²) in [6.07, 6.45) is 8.84. The number of nitrogens with one attached hydrogen (secondary N) is 2. The molecule has 1 aromatic rings. The van der Waals surface area contributed by atoms with Gasteiger partial charge in [-0.15, -0.1) is 10.2 Å². The number of fused-ring (bicyclic) bond motifs is 2. The fourth-order valence-electron chi connectivity index (χ4n) is 4.92. The lowest BCUT2D eigenvalue weighted by Gasteiger charge is -2.63. The molecule has 1 saturated heterocycles. The zero-order valence-corrected chi connectivity index (χ0v) is 17.5. The fraction of sp³-hybridized carbons (Fsp3) is 0.842. The van der Waals surface area contributed by atoms with Crippen molar-refractivity contribution in [2.75, 3.05) is 25.2 Å². The molecule has 0 amide bonds. The highest BCUT2D eigenvalue weighted by atomic mass is 32.2. The number of aromatic nitrogens is 3. The first kappa shape index (κ1) is 19.1. The van der Waals surface area contributed by atoms with Crippen molar-refractivity contribution in [3.8, 4) is 0 Å². The Kier molecular flexibility index (Phi) is 5.64. The van der Waals surface area contributed by atoms with Gasteiger partial charge in [0.1, 0.15) is 12.4 Å². The number of aryl methyl sites for hydroxylation is 1. The molecule has 1 aliphatic heterocycles. The van der Waals surface area contributed by atoms with Gasteiger partial charge >= 0.3 is 0 Å². The highest BCUT2D eigenvalue weighted by Gasteiger charge is 2.66. The molecule has 2 aliphatic carbocycles. The van der Waals surface area contributed by atoms with Gasteiger partial charge in [-0.1, -0.05) is 6.42 Å². The molecule has 150 valence electrons. The Bertz CT molecular complexity index is 686. The Morgan fingerprint density at radius 1 is 1.41 bits per heavy atom. The average Bonchev–Trinajstić information content (AvgIpc) is 3.18. The summed E-state index contributed by atoms with van der Waals surface area (Å²) in [5, 5.41) is 15.7. The van der Waals surface area contributed by atoms with E-state index >= 15 is 0 Å². The van der Waals surface area contributed by atoms with E-state index in [1.165, 1.54) is 25.7 Å². The quantitative estimate of drug-likeness (QED) is 0.419. The topological polar surface area (TPSA) is 76.4 Å². The first-order valence-corrected chi connectivity index (χ1v) is 11.6. The summed E-state index contributed by atoms with van der Waals surface area (Å²) in [6, 6.07) is 0.492. The van der Waals surface area contributed by atoms with Gasteiger partial charge in [0.2, 0.25) is 0 Å². The zero-order valence-electron chi connectivity index (χ0n) is 16.7. The molecule has 2 saturated carbocycles. The van der Waals surface area contributed by atoms with Crippen LogP contribution in [0.5, 0.6) is 0 Å². The van der Waals surface area contributed by atoms with Crippen molar-refractivity contribution in [3.05, 3.63) is 11.6 Å². The number of hydrogen-bond donors (Lipinski definition) is 2. The van der Waals surface area contributed by atoms with E-state index in [9.17, 15) is 0 Å². The molecule has 3 aliphatic rings. The summed E-state index contributed by atoms with van der Waals surface area (Å²) in [5.41, 5.74) is 0.351. The maximum absolute atomic E-state index is 6.06. The van der Waals surface area contributed by atoms with Gasteiger partial charge in [-0.3, -0.25) is 0 Å². The van der Waals surface area contributed by atoms with Crippen LogP contribution in [0.3, 0.4) is 0 Å². The van der Waals surface area contributed by atoms with Gasteiger partial charge in [-0.25, -0.2) is 4.99 Å². The summed E-state index contributed by atoms with van der Waals surface area (Å²) in [5.74, 6) is 4.53. The van der Waals surface area contributed by atoms with Crippen LogP contribution in [0, 0.1) is 18.3 Å². The standard InChI is InChI=1S/C19H32N6OS/c1-13-23-24-15(25(13)2)12-21-18(20-9-5-11-27-3)22-16-14-6-10-26-17(14)19(16)7-4-8-19/h14,16-17H,4-12H2,1-3H3,(H2,20,21,22). The first-order valence-electron chi connectivity index (χ1n) is 10.2. The van der Waals surface area contributed by atoms with Crippen LogP contribution in [-0.2, 0) is 18.3 Å². The molecule has 0 radical (unpaired) electrons. The predicted molar refractivity (Wildman–Crippen MR) is 109 cm³/mol. The van der Waals surface area contributed by atoms with Crippen LogP contribution in [0.4, 0.5) is 0 Å². The third kappa shape index (κ3) is 3.46. The van der Waals surface area contributed by atoms with Gasteiger partial charge in [-0.05, 0) is 44.6 Å². The van der Waals surface area contributed by atoms with Crippen LogP contribution in [0.15, 0.2) is 4.99 Å². The molecule has 0 bridgehead atoms. The lowest BCUT2D eigenvalue weighted by Crippen LogP contribution is -2.72. The van der Waals surface area contributed by atoms with Crippen molar-refractivity contribution in [1.29, 1.82) is 0 Å². The second kappa shape index (κ2) is 7.99. The number of thioether (sulfide) groups is 1. The molecular weight excluding hydrogens is 360 g/mol. The number of ether oxygens (including phenoxy) is 1. The monoisotopic (exact) mass is 392 g/mol. The summed E-state index contributed by atoms with van der Waals surface area (Å²) in [6.45, 7) is 4.37. The van der Waals surface area contributed by atoms with Crippen LogP contribution in [-0.4, -0.2) is 58.0 Å². The van der Waals surface area contributed by atoms with Crippen molar-refractivity contribution in [2.45, 2.75) is 57.7 Å². The van der Waals surface area contributed by atoms with Crippen molar-refractivity contribution >= 4 is 17.7 Å². The Hall–Kier alpha value is -1.28. The van der Waals surface area contributed by atoms with Gasteiger partial charge in [0.05, 0.1) is 6.10 Å². The molecule has 8 heteroatoms. The molecule has 2 heterocycles.